The van der Waals surface area contributed by atoms with Crippen molar-refractivity contribution in [3.8, 4) is 5.75 Å². The number of amides is 1. The molecule has 1 amide bonds. The van der Waals surface area contributed by atoms with E-state index in [1.54, 1.807) is 6.07 Å². The van der Waals surface area contributed by atoms with Gasteiger partial charge in [-0.1, -0.05) is 18.5 Å². The minimum Gasteiger partial charge on any atom is -0.483 e. The maximum absolute atomic E-state index is 12.3. The lowest BCUT2D eigenvalue weighted by Gasteiger charge is -2.35. The van der Waals surface area contributed by atoms with E-state index in [0.717, 1.165) is 37.1 Å². The first-order chi connectivity index (χ1) is 9.61. The minimum atomic E-state index is 0.0888. The van der Waals surface area contributed by atoms with Crippen molar-refractivity contribution in [1.29, 1.82) is 0 Å². The Morgan fingerprint density at radius 2 is 2.25 bits per heavy atom. The maximum Gasteiger partial charge on any atom is 0.260 e. The van der Waals surface area contributed by atoms with Crippen molar-refractivity contribution < 1.29 is 9.53 Å². The minimum absolute atomic E-state index is 0.0888. The zero-order valence-electron chi connectivity index (χ0n) is 12.2. The van der Waals surface area contributed by atoms with Crippen LogP contribution in [-0.4, -0.2) is 30.0 Å². The number of carbonyl (C=O) groups excluding carboxylic acids is 1. The number of halogens is 1. The van der Waals surface area contributed by atoms with Crippen molar-refractivity contribution in [2.45, 2.75) is 45.6 Å². The van der Waals surface area contributed by atoms with Crippen LogP contribution in [0.4, 0.5) is 0 Å². The summed E-state index contributed by atoms with van der Waals surface area (Å²) in [5.74, 6) is 0.818. The lowest BCUT2D eigenvalue weighted by atomic mass is 10.00. The van der Waals surface area contributed by atoms with Crippen molar-refractivity contribution in [2.75, 3.05) is 13.2 Å². The normalized spacial score (nSPS) is 18.9. The molecule has 1 saturated heterocycles. The first-order valence-corrected chi connectivity index (χ1v) is 7.68. The summed E-state index contributed by atoms with van der Waals surface area (Å²) in [6.07, 6.45) is 4.45. The fourth-order valence-corrected chi connectivity index (χ4v) is 2.98. The highest BCUT2D eigenvalue weighted by Crippen LogP contribution is 2.23. The molecule has 1 heterocycles. The van der Waals surface area contributed by atoms with E-state index in [4.69, 9.17) is 16.3 Å². The number of ether oxygens (including phenoxy) is 1. The van der Waals surface area contributed by atoms with Gasteiger partial charge in [-0.25, -0.2) is 0 Å². The van der Waals surface area contributed by atoms with Crippen molar-refractivity contribution in [3.05, 3.63) is 28.8 Å². The van der Waals surface area contributed by atoms with Gasteiger partial charge in [0, 0.05) is 17.6 Å². The predicted molar refractivity (Wildman–Crippen MR) is 81.3 cm³/mol. The fraction of sp³-hybridized carbons (Fsp3) is 0.562. The summed E-state index contributed by atoms with van der Waals surface area (Å²) in [5, 5.41) is 0.684. The first-order valence-electron chi connectivity index (χ1n) is 7.30. The molecule has 20 heavy (non-hydrogen) atoms. The summed E-state index contributed by atoms with van der Waals surface area (Å²) in [7, 11) is 0. The molecule has 0 aromatic heterocycles. The average Bonchev–Trinajstić information content (AvgIpc) is 2.46. The number of benzene rings is 1. The molecule has 1 aliphatic heterocycles. The lowest BCUT2D eigenvalue weighted by molar-refractivity contribution is -0.137. The Bertz CT molecular complexity index is 476. The smallest absolute Gasteiger partial charge is 0.260 e. The average molecular weight is 296 g/mol. The highest BCUT2D eigenvalue weighted by Gasteiger charge is 2.25. The highest BCUT2D eigenvalue weighted by molar-refractivity contribution is 6.30. The number of likely N-dealkylation sites (tertiary alicyclic amines) is 1. The van der Waals surface area contributed by atoms with Crippen LogP contribution in [0.3, 0.4) is 0 Å². The third-order valence-corrected chi connectivity index (χ3v) is 4.14. The molecular formula is C16H22ClNO2. The topological polar surface area (TPSA) is 29.5 Å². The van der Waals surface area contributed by atoms with Crippen LogP contribution in [-0.2, 0) is 4.79 Å². The summed E-state index contributed by atoms with van der Waals surface area (Å²) in [4.78, 5) is 14.3. The number of piperidine rings is 1. The van der Waals surface area contributed by atoms with Gasteiger partial charge in [0.2, 0.25) is 0 Å². The zero-order chi connectivity index (χ0) is 14.5. The number of carbonyl (C=O) groups is 1. The molecular weight excluding hydrogens is 274 g/mol. The number of hydrogen-bond acceptors (Lipinski definition) is 2. The Labute approximate surface area is 125 Å². The molecule has 0 radical (unpaired) electrons. The molecule has 1 aromatic rings. The van der Waals surface area contributed by atoms with Crippen LogP contribution >= 0.6 is 11.6 Å². The van der Waals surface area contributed by atoms with Crippen LogP contribution in [0.5, 0.6) is 5.75 Å². The van der Waals surface area contributed by atoms with Gasteiger partial charge in [-0.15, -0.1) is 0 Å². The molecule has 1 atom stereocenters. The second kappa shape index (κ2) is 6.98. The number of rotatable bonds is 4. The molecule has 1 aliphatic rings. The van der Waals surface area contributed by atoms with E-state index in [9.17, 15) is 4.79 Å². The molecule has 0 bridgehead atoms. The highest BCUT2D eigenvalue weighted by atomic mass is 35.5. The van der Waals surface area contributed by atoms with E-state index in [1.807, 2.05) is 24.0 Å². The molecule has 110 valence electrons. The standard InChI is InChI=1S/C16H22ClNO2/c1-3-14-6-4-5-9-18(14)16(19)11-20-15-8-7-13(17)10-12(15)2/h7-8,10,14H,3-6,9,11H2,1-2H3. The fourth-order valence-electron chi connectivity index (χ4n) is 2.75. The van der Waals surface area contributed by atoms with E-state index in [2.05, 4.69) is 6.92 Å². The van der Waals surface area contributed by atoms with Crippen molar-refractivity contribution in [3.63, 3.8) is 0 Å². The summed E-state index contributed by atoms with van der Waals surface area (Å²) in [5.41, 5.74) is 0.955. The second-order valence-corrected chi connectivity index (χ2v) is 5.78. The summed E-state index contributed by atoms with van der Waals surface area (Å²) in [6, 6.07) is 5.82. The SMILES string of the molecule is CCC1CCCCN1C(=O)COc1ccc(Cl)cc1C. The van der Waals surface area contributed by atoms with Gasteiger partial charge in [0.15, 0.2) is 6.61 Å². The summed E-state index contributed by atoms with van der Waals surface area (Å²) < 4.78 is 5.65. The Morgan fingerprint density at radius 1 is 1.45 bits per heavy atom. The third-order valence-electron chi connectivity index (χ3n) is 3.91. The summed E-state index contributed by atoms with van der Waals surface area (Å²) >= 11 is 5.91. The van der Waals surface area contributed by atoms with E-state index in [1.165, 1.54) is 6.42 Å². The van der Waals surface area contributed by atoms with E-state index in [-0.39, 0.29) is 12.5 Å². The maximum atomic E-state index is 12.3. The Hall–Kier alpha value is -1.22. The molecule has 0 spiro atoms. The molecule has 3 nitrogen and oxygen atoms in total. The molecule has 0 aliphatic carbocycles. The van der Waals surface area contributed by atoms with E-state index < -0.39 is 0 Å². The molecule has 0 saturated carbocycles. The van der Waals surface area contributed by atoms with Gasteiger partial charge in [0.1, 0.15) is 5.75 Å². The molecule has 1 aromatic carbocycles. The molecule has 4 heteroatoms. The molecule has 1 fully saturated rings. The summed E-state index contributed by atoms with van der Waals surface area (Å²) in [6.45, 7) is 5.04. The van der Waals surface area contributed by atoms with Crippen molar-refractivity contribution in [2.24, 2.45) is 0 Å². The van der Waals surface area contributed by atoms with Crippen LogP contribution in [0.15, 0.2) is 18.2 Å². The second-order valence-electron chi connectivity index (χ2n) is 5.34. The molecule has 0 N–H and O–H groups in total. The third kappa shape index (κ3) is 3.66. The molecule has 1 unspecified atom stereocenters. The Kier molecular flexibility index (Phi) is 5.30. The van der Waals surface area contributed by atoms with Gasteiger partial charge < -0.3 is 9.64 Å². The molecule has 2 rings (SSSR count). The van der Waals surface area contributed by atoms with E-state index >= 15 is 0 Å². The zero-order valence-corrected chi connectivity index (χ0v) is 12.9. The number of hydrogen-bond donors (Lipinski definition) is 0. The first kappa shape index (κ1) is 15.2. The van der Waals surface area contributed by atoms with Gasteiger partial charge in [0.05, 0.1) is 0 Å². The van der Waals surface area contributed by atoms with Crippen molar-refractivity contribution in [1.82, 2.24) is 4.90 Å². The van der Waals surface area contributed by atoms with E-state index in [0.29, 0.717) is 11.1 Å². The predicted octanol–water partition coefficient (Wildman–Crippen LogP) is 3.82. The monoisotopic (exact) mass is 295 g/mol. The Morgan fingerprint density at radius 3 is 2.95 bits per heavy atom. The van der Waals surface area contributed by atoms with Crippen molar-refractivity contribution >= 4 is 17.5 Å². The quantitative estimate of drug-likeness (QED) is 0.845. The van der Waals surface area contributed by atoms with Gasteiger partial charge in [0.25, 0.3) is 5.91 Å². The van der Waals surface area contributed by atoms with Crippen LogP contribution in [0, 0.1) is 6.92 Å². The number of nitrogens with zero attached hydrogens (tertiary/aromatic N) is 1. The van der Waals surface area contributed by atoms with Crippen LogP contribution < -0.4 is 4.74 Å². The Balaban J connectivity index is 1.94. The van der Waals surface area contributed by atoms with Gasteiger partial charge in [-0.2, -0.15) is 0 Å². The van der Waals surface area contributed by atoms with Gasteiger partial charge in [-0.05, 0) is 56.4 Å². The number of aryl methyl sites for hydroxylation is 1. The largest absolute Gasteiger partial charge is 0.483 e. The van der Waals surface area contributed by atoms with Crippen LogP contribution in [0.25, 0.3) is 0 Å². The van der Waals surface area contributed by atoms with Crippen LogP contribution in [0.2, 0.25) is 5.02 Å². The lowest BCUT2D eigenvalue weighted by Crippen LogP contribution is -2.45. The van der Waals surface area contributed by atoms with Gasteiger partial charge >= 0.3 is 0 Å². The van der Waals surface area contributed by atoms with Gasteiger partial charge in [-0.3, -0.25) is 4.79 Å². The van der Waals surface area contributed by atoms with Crippen LogP contribution in [0.1, 0.15) is 38.2 Å².